The number of hydrogen-bond acceptors (Lipinski definition) is 6. The molecule has 0 atom stereocenters. The standard InChI is InChI=1S/C13H8N2O6/c16-9-5-6-10(17)14(9)13(20)21-15-11(18)7-3-1-2-4-8(7)12(15)19/h1-4H,5-6H2. The predicted molar refractivity (Wildman–Crippen MR) is 64.5 cm³/mol. The summed E-state index contributed by atoms with van der Waals surface area (Å²) in [5.41, 5.74) is 0.184. The van der Waals surface area contributed by atoms with Crippen molar-refractivity contribution in [1.29, 1.82) is 0 Å². The molecule has 0 spiro atoms. The minimum absolute atomic E-state index is 0.0920. The highest BCUT2D eigenvalue weighted by Gasteiger charge is 2.42. The summed E-state index contributed by atoms with van der Waals surface area (Å²) in [6.45, 7) is 0. The molecule has 21 heavy (non-hydrogen) atoms. The SMILES string of the molecule is O=C1c2ccccc2C(=O)N1OC(=O)N1C(=O)CCC1=O. The number of fused-ring (bicyclic) bond motifs is 1. The third-order valence-electron chi connectivity index (χ3n) is 3.16. The maximum Gasteiger partial charge on any atom is 0.448 e. The molecule has 2 heterocycles. The van der Waals surface area contributed by atoms with Crippen molar-refractivity contribution in [3.8, 4) is 0 Å². The number of carbonyl (C=O) groups is 5. The van der Waals surface area contributed by atoms with Gasteiger partial charge in [-0.3, -0.25) is 19.2 Å². The molecular weight excluding hydrogens is 280 g/mol. The first-order valence-electron chi connectivity index (χ1n) is 6.06. The van der Waals surface area contributed by atoms with Gasteiger partial charge in [-0.1, -0.05) is 17.2 Å². The van der Waals surface area contributed by atoms with Gasteiger partial charge in [-0.05, 0) is 12.1 Å². The molecule has 8 heteroatoms. The summed E-state index contributed by atoms with van der Waals surface area (Å²) in [5, 5.41) is 0.256. The quantitative estimate of drug-likeness (QED) is 0.697. The number of nitrogens with zero attached hydrogens (tertiary/aromatic N) is 2. The molecule has 8 nitrogen and oxygen atoms in total. The largest absolute Gasteiger partial charge is 0.448 e. The van der Waals surface area contributed by atoms with E-state index >= 15 is 0 Å². The second kappa shape index (κ2) is 4.51. The zero-order valence-corrected chi connectivity index (χ0v) is 10.6. The van der Waals surface area contributed by atoms with Gasteiger partial charge in [0.25, 0.3) is 11.8 Å². The molecule has 0 N–H and O–H groups in total. The van der Waals surface area contributed by atoms with E-state index < -0.39 is 29.7 Å². The Morgan fingerprint density at radius 2 is 1.38 bits per heavy atom. The van der Waals surface area contributed by atoms with Crippen LogP contribution in [0, 0.1) is 0 Å². The van der Waals surface area contributed by atoms with Crippen LogP contribution in [-0.2, 0) is 14.4 Å². The van der Waals surface area contributed by atoms with Crippen LogP contribution < -0.4 is 0 Å². The van der Waals surface area contributed by atoms with Crippen molar-refractivity contribution < 1.29 is 28.8 Å². The van der Waals surface area contributed by atoms with Crippen molar-refractivity contribution >= 4 is 29.7 Å². The maximum absolute atomic E-state index is 12.0. The lowest BCUT2D eigenvalue weighted by Crippen LogP contribution is -2.42. The summed E-state index contributed by atoms with van der Waals surface area (Å²) < 4.78 is 0. The normalized spacial score (nSPS) is 17.5. The molecule has 1 aromatic rings. The van der Waals surface area contributed by atoms with Crippen LogP contribution >= 0.6 is 0 Å². The fourth-order valence-electron chi connectivity index (χ4n) is 2.15. The summed E-state index contributed by atoms with van der Waals surface area (Å²) in [6, 6.07) is 5.94. The van der Waals surface area contributed by atoms with E-state index in [9.17, 15) is 24.0 Å². The Hall–Kier alpha value is -3.03. The lowest BCUT2D eigenvalue weighted by molar-refractivity contribution is -0.139. The van der Waals surface area contributed by atoms with Gasteiger partial charge in [0.2, 0.25) is 11.8 Å². The number of hydroxylamine groups is 2. The molecule has 5 amide bonds. The Balaban J connectivity index is 1.82. The molecule has 0 bridgehead atoms. The van der Waals surface area contributed by atoms with Crippen LogP contribution in [0.25, 0.3) is 0 Å². The van der Waals surface area contributed by atoms with Crippen molar-refractivity contribution in [2.45, 2.75) is 12.8 Å². The van der Waals surface area contributed by atoms with Gasteiger partial charge in [0.15, 0.2) is 0 Å². The lowest BCUT2D eigenvalue weighted by Gasteiger charge is -2.16. The minimum Gasteiger partial charge on any atom is -0.309 e. The van der Waals surface area contributed by atoms with Crippen LogP contribution in [0.1, 0.15) is 33.6 Å². The van der Waals surface area contributed by atoms with Gasteiger partial charge < -0.3 is 4.84 Å². The van der Waals surface area contributed by atoms with E-state index in [1.165, 1.54) is 12.1 Å². The maximum atomic E-state index is 12.0. The third-order valence-corrected chi connectivity index (χ3v) is 3.16. The predicted octanol–water partition coefficient (Wildman–Crippen LogP) is 0.483. The fourth-order valence-corrected chi connectivity index (χ4v) is 2.15. The summed E-state index contributed by atoms with van der Waals surface area (Å²) in [5.74, 6) is -3.07. The van der Waals surface area contributed by atoms with Gasteiger partial charge in [0.05, 0.1) is 11.1 Å². The number of amides is 5. The summed E-state index contributed by atoms with van der Waals surface area (Å²) >= 11 is 0. The molecule has 0 saturated carbocycles. The molecule has 0 radical (unpaired) electrons. The number of rotatable bonds is 1. The first kappa shape index (κ1) is 13.0. The van der Waals surface area contributed by atoms with Crippen LogP contribution in [-0.4, -0.2) is 39.7 Å². The van der Waals surface area contributed by atoms with E-state index in [0.29, 0.717) is 4.90 Å². The molecule has 0 unspecified atom stereocenters. The molecular formula is C13H8N2O6. The van der Waals surface area contributed by atoms with E-state index in [2.05, 4.69) is 4.84 Å². The van der Waals surface area contributed by atoms with Crippen molar-refractivity contribution in [3.63, 3.8) is 0 Å². The summed E-state index contributed by atoms with van der Waals surface area (Å²) in [7, 11) is 0. The number of carbonyl (C=O) groups excluding carboxylic acids is 5. The van der Waals surface area contributed by atoms with E-state index in [1.54, 1.807) is 12.1 Å². The van der Waals surface area contributed by atoms with E-state index in [1.807, 2.05) is 0 Å². The zero-order valence-electron chi connectivity index (χ0n) is 10.6. The first-order valence-corrected chi connectivity index (χ1v) is 6.06. The fraction of sp³-hybridized carbons (Fsp3) is 0.154. The number of hydrogen-bond donors (Lipinski definition) is 0. The van der Waals surface area contributed by atoms with Crippen molar-refractivity contribution in [2.24, 2.45) is 0 Å². The number of imide groups is 4. The smallest absolute Gasteiger partial charge is 0.309 e. The average molecular weight is 288 g/mol. The molecule has 3 rings (SSSR count). The second-order valence-electron chi connectivity index (χ2n) is 4.43. The monoisotopic (exact) mass is 288 g/mol. The van der Waals surface area contributed by atoms with Gasteiger partial charge in [-0.15, -0.1) is 0 Å². The van der Waals surface area contributed by atoms with Crippen LogP contribution in [0.3, 0.4) is 0 Å². The molecule has 0 aliphatic carbocycles. The van der Waals surface area contributed by atoms with Crippen molar-refractivity contribution in [1.82, 2.24) is 9.96 Å². The molecule has 1 fully saturated rings. The third kappa shape index (κ3) is 1.88. The van der Waals surface area contributed by atoms with Crippen LogP contribution in [0.2, 0.25) is 0 Å². The Labute approximate surface area is 117 Å². The van der Waals surface area contributed by atoms with Gasteiger partial charge in [-0.25, -0.2) is 4.79 Å². The topological polar surface area (TPSA) is 101 Å². The number of likely N-dealkylation sites (tertiary alicyclic amines) is 1. The molecule has 1 aromatic carbocycles. The van der Waals surface area contributed by atoms with E-state index in [-0.39, 0.29) is 29.0 Å². The number of benzene rings is 1. The second-order valence-corrected chi connectivity index (χ2v) is 4.43. The van der Waals surface area contributed by atoms with Crippen LogP contribution in [0.15, 0.2) is 24.3 Å². The molecule has 0 aromatic heterocycles. The zero-order chi connectivity index (χ0) is 15.1. The highest BCUT2D eigenvalue weighted by Crippen LogP contribution is 2.23. The van der Waals surface area contributed by atoms with Crippen molar-refractivity contribution in [2.75, 3.05) is 0 Å². The van der Waals surface area contributed by atoms with Crippen molar-refractivity contribution in [3.05, 3.63) is 35.4 Å². The Kier molecular flexibility index (Phi) is 2.79. The Morgan fingerprint density at radius 3 is 1.86 bits per heavy atom. The van der Waals surface area contributed by atoms with Crippen LogP contribution in [0.4, 0.5) is 4.79 Å². The highest BCUT2D eigenvalue weighted by atomic mass is 16.7. The summed E-state index contributed by atoms with van der Waals surface area (Å²) in [6.07, 6.45) is -1.55. The lowest BCUT2D eigenvalue weighted by atomic mass is 10.1. The molecule has 1 saturated heterocycles. The summed E-state index contributed by atoms with van der Waals surface area (Å²) in [4.78, 5) is 63.4. The molecule has 2 aliphatic heterocycles. The minimum atomic E-state index is -1.35. The van der Waals surface area contributed by atoms with E-state index in [4.69, 9.17) is 0 Å². The Morgan fingerprint density at radius 1 is 0.905 bits per heavy atom. The van der Waals surface area contributed by atoms with Gasteiger partial charge in [0, 0.05) is 12.8 Å². The first-order chi connectivity index (χ1) is 10.0. The van der Waals surface area contributed by atoms with Gasteiger partial charge >= 0.3 is 6.09 Å². The Bertz CT molecular complexity index is 659. The van der Waals surface area contributed by atoms with E-state index in [0.717, 1.165) is 0 Å². The highest BCUT2D eigenvalue weighted by molar-refractivity contribution is 6.21. The average Bonchev–Trinajstić information content (AvgIpc) is 2.92. The molecule has 2 aliphatic rings. The van der Waals surface area contributed by atoms with Crippen LogP contribution in [0.5, 0.6) is 0 Å². The van der Waals surface area contributed by atoms with Gasteiger partial charge in [0.1, 0.15) is 0 Å². The molecule has 106 valence electrons. The van der Waals surface area contributed by atoms with Gasteiger partial charge in [-0.2, -0.15) is 4.90 Å².